The Hall–Kier alpha value is -0.550. The minimum Gasteiger partial charge on any atom is -0.381 e. The zero-order valence-electron chi connectivity index (χ0n) is 8.58. The zero-order valence-corrected chi connectivity index (χ0v) is 12.3. The summed E-state index contributed by atoms with van der Waals surface area (Å²) < 4.78 is 2.39. The van der Waals surface area contributed by atoms with Gasteiger partial charge in [0.25, 0.3) is 0 Å². The van der Waals surface area contributed by atoms with Crippen molar-refractivity contribution in [2.24, 2.45) is 0 Å². The molecule has 3 heteroatoms. The van der Waals surface area contributed by atoms with Crippen molar-refractivity contribution in [1.29, 1.82) is 0 Å². The summed E-state index contributed by atoms with van der Waals surface area (Å²) in [7, 11) is 0. The molecule has 0 spiro atoms. The average molecular weight is 388 g/mol. The molecule has 0 unspecified atom stereocenters. The van der Waals surface area contributed by atoms with Gasteiger partial charge in [-0.15, -0.1) is 0 Å². The predicted octanol–water partition coefficient (Wildman–Crippen LogP) is 4.67. The van der Waals surface area contributed by atoms with Gasteiger partial charge in [-0.3, -0.25) is 0 Å². The smallest absolute Gasteiger partial charge is 0.0411 e. The Morgan fingerprint density at radius 1 is 1.06 bits per heavy atom. The number of halogens is 2. The van der Waals surface area contributed by atoms with Crippen molar-refractivity contribution in [1.82, 2.24) is 0 Å². The van der Waals surface area contributed by atoms with Gasteiger partial charge >= 0.3 is 0 Å². The van der Waals surface area contributed by atoms with Crippen molar-refractivity contribution in [3.05, 3.63) is 62.1 Å². The molecule has 0 aliphatic carbocycles. The van der Waals surface area contributed by atoms with Crippen molar-refractivity contribution in [2.75, 3.05) is 5.32 Å². The predicted molar refractivity (Wildman–Crippen MR) is 80.6 cm³/mol. The van der Waals surface area contributed by atoms with Gasteiger partial charge in [0.1, 0.15) is 0 Å². The van der Waals surface area contributed by atoms with Crippen molar-refractivity contribution < 1.29 is 0 Å². The number of hydrogen-bond donors (Lipinski definition) is 1. The molecule has 0 aliphatic rings. The second-order valence-corrected chi connectivity index (χ2v) is 5.56. The van der Waals surface area contributed by atoms with Crippen molar-refractivity contribution in [3.8, 4) is 0 Å². The maximum Gasteiger partial charge on any atom is 0.0411 e. The second-order valence-electron chi connectivity index (χ2n) is 3.46. The first-order chi connectivity index (χ1) is 7.75. The Bertz CT molecular complexity index is 485. The molecule has 0 amide bonds. The van der Waals surface area contributed by atoms with E-state index in [-0.39, 0.29) is 0 Å². The number of benzene rings is 2. The lowest BCUT2D eigenvalue weighted by Gasteiger charge is -2.08. The summed E-state index contributed by atoms with van der Waals surface area (Å²) in [5.74, 6) is 0. The van der Waals surface area contributed by atoms with E-state index in [1.807, 2.05) is 6.07 Å². The molecular weight excluding hydrogens is 377 g/mol. The SMILES string of the molecule is Brc1ccccc1CNc1cccc(I)c1. The van der Waals surface area contributed by atoms with Crippen LogP contribution in [-0.2, 0) is 6.54 Å². The zero-order chi connectivity index (χ0) is 11.4. The third-order valence-corrected chi connectivity index (χ3v) is 3.71. The van der Waals surface area contributed by atoms with Crippen LogP contribution < -0.4 is 5.32 Å². The molecule has 16 heavy (non-hydrogen) atoms. The molecule has 0 radical (unpaired) electrons. The molecule has 1 N–H and O–H groups in total. The third-order valence-electron chi connectivity index (χ3n) is 2.27. The van der Waals surface area contributed by atoms with Gasteiger partial charge in [0.05, 0.1) is 0 Å². The van der Waals surface area contributed by atoms with Crippen molar-refractivity contribution >= 4 is 44.2 Å². The largest absolute Gasteiger partial charge is 0.381 e. The molecule has 0 saturated heterocycles. The highest BCUT2D eigenvalue weighted by Crippen LogP contribution is 2.18. The third kappa shape index (κ3) is 3.22. The molecule has 0 fully saturated rings. The number of rotatable bonds is 3. The van der Waals surface area contributed by atoms with Gasteiger partial charge in [-0.2, -0.15) is 0 Å². The van der Waals surface area contributed by atoms with Gasteiger partial charge in [-0.1, -0.05) is 40.2 Å². The van der Waals surface area contributed by atoms with Gasteiger partial charge in [0, 0.05) is 20.3 Å². The molecule has 0 aromatic heterocycles. The Morgan fingerprint density at radius 2 is 1.88 bits per heavy atom. The first-order valence-electron chi connectivity index (χ1n) is 4.98. The lowest BCUT2D eigenvalue weighted by molar-refractivity contribution is 1.14. The second kappa shape index (κ2) is 5.68. The van der Waals surface area contributed by atoms with E-state index in [0.717, 1.165) is 16.7 Å². The van der Waals surface area contributed by atoms with E-state index >= 15 is 0 Å². The topological polar surface area (TPSA) is 12.0 Å². The summed E-state index contributed by atoms with van der Waals surface area (Å²) in [6, 6.07) is 16.6. The van der Waals surface area contributed by atoms with Crippen LogP contribution in [0.3, 0.4) is 0 Å². The molecule has 2 aromatic rings. The summed E-state index contributed by atoms with van der Waals surface area (Å²) >= 11 is 5.86. The van der Waals surface area contributed by atoms with Crippen LogP contribution >= 0.6 is 38.5 Å². The van der Waals surface area contributed by atoms with E-state index in [4.69, 9.17) is 0 Å². The highest BCUT2D eigenvalue weighted by atomic mass is 127. The van der Waals surface area contributed by atoms with Crippen LogP contribution in [0.1, 0.15) is 5.56 Å². The average Bonchev–Trinajstić information content (AvgIpc) is 2.28. The summed E-state index contributed by atoms with van der Waals surface area (Å²) in [5, 5.41) is 3.41. The van der Waals surface area contributed by atoms with Crippen LogP contribution in [0, 0.1) is 3.57 Å². The molecule has 2 rings (SSSR count). The maximum absolute atomic E-state index is 3.54. The van der Waals surface area contributed by atoms with Gasteiger partial charge < -0.3 is 5.32 Å². The van der Waals surface area contributed by atoms with Gasteiger partial charge in [-0.05, 0) is 52.4 Å². The summed E-state index contributed by atoms with van der Waals surface area (Å²) in [4.78, 5) is 0. The lowest BCUT2D eigenvalue weighted by atomic mass is 10.2. The van der Waals surface area contributed by atoms with Crippen LogP contribution in [0.5, 0.6) is 0 Å². The van der Waals surface area contributed by atoms with Gasteiger partial charge in [0.2, 0.25) is 0 Å². The molecule has 1 nitrogen and oxygen atoms in total. The van der Waals surface area contributed by atoms with Crippen molar-refractivity contribution in [3.63, 3.8) is 0 Å². The quantitative estimate of drug-likeness (QED) is 0.755. The molecule has 0 heterocycles. The van der Waals surface area contributed by atoms with Crippen molar-refractivity contribution in [2.45, 2.75) is 6.54 Å². The van der Waals surface area contributed by atoms with Crippen LogP contribution in [0.25, 0.3) is 0 Å². The number of anilines is 1. The van der Waals surface area contributed by atoms with E-state index in [1.165, 1.54) is 9.13 Å². The van der Waals surface area contributed by atoms with E-state index in [2.05, 4.69) is 86.3 Å². The van der Waals surface area contributed by atoms with E-state index in [9.17, 15) is 0 Å². The minimum atomic E-state index is 0.835. The van der Waals surface area contributed by atoms with Crippen LogP contribution in [0.2, 0.25) is 0 Å². The van der Waals surface area contributed by atoms with E-state index in [1.54, 1.807) is 0 Å². The minimum absolute atomic E-state index is 0.835. The standard InChI is InChI=1S/C13H11BrIN/c14-13-7-2-1-4-10(13)9-16-12-6-3-5-11(15)8-12/h1-8,16H,9H2. The van der Waals surface area contributed by atoms with Gasteiger partial charge in [0.15, 0.2) is 0 Å². The Kier molecular flexibility index (Phi) is 4.23. The fraction of sp³-hybridized carbons (Fsp3) is 0.0769. The molecule has 0 saturated carbocycles. The highest BCUT2D eigenvalue weighted by molar-refractivity contribution is 14.1. The Balaban J connectivity index is 2.05. The molecule has 0 bridgehead atoms. The molecule has 0 aliphatic heterocycles. The maximum atomic E-state index is 3.54. The Labute approximate surface area is 118 Å². The first kappa shape index (κ1) is 11.9. The summed E-state index contributed by atoms with van der Waals surface area (Å²) in [6.45, 7) is 0.835. The highest BCUT2D eigenvalue weighted by Gasteiger charge is 1.98. The van der Waals surface area contributed by atoms with Crippen LogP contribution in [-0.4, -0.2) is 0 Å². The first-order valence-corrected chi connectivity index (χ1v) is 6.86. The molecule has 0 atom stereocenters. The van der Waals surface area contributed by atoms with E-state index in [0.29, 0.717) is 0 Å². The Morgan fingerprint density at radius 3 is 2.62 bits per heavy atom. The van der Waals surface area contributed by atoms with Gasteiger partial charge in [-0.25, -0.2) is 0 Å². The number of nitrogens with one attached hydrogen (secondary N) is 1. The summed E-state index contributed by atoms with van der Waals surface area (Å²) in [5.41, 5.74) is 2.42. The van der Waals surface area contributed by atoms with Crippen LogP contribution in [0.4, 0.5) is 5.69 Å². The fourth-order valence-electron chi connectivity index (χ4n) is 1.44. The normalized spacial score (nSPS) is 10.1. The monoisotopic (exact) mass is 387 g/mol. The number of hydrogen-bond acceptors (Lipinski definition) is 1. The van der Waals surface area contributed by atoms with Crippen LogP contribution in [0.15, 0.2) is 53.0 Å². The molecular formula is C13H11BrIN. The molecule has 2 aromatic carbocycles. The molecule has 82 valence electrons. The van der Waals surface area contributed by atoms with E-state index < -0.39 is 0 Å². The summed E-state index contributed by atoms with van der Waals surface area (Å²) in [6.07, 6.45) is 0. The lowest BCUT2D eigenvalue weighted by Crippen LogP contribution is -1.99. The fourth-order valence-corrected chi connectivity index (χ4v) is 2.41.